The Balaban J connectivity index is 1.65. The van der Waals surface area contributed by atoms with E-state index >= 15 is 0 Å². The minimum absolute atomic E-state index is 1.04. The van der Waals surface area contributed by atoms with Gasteiger partial charge in [0.1, 0.15) is 0 Å². The van der Waals surface area contributed by atoms with Gasteiger partial charge in [-0.15, -0.1) is 0 Å². The summed E-state index contributed by atoms with van der Waals surface area (Å²) in [5.41, 5.74) is 19.0. The third-order valence-corrected chi connectivity index (χ3v) is 7.22. The van der Waals surface area contributed by atoms with Crippen LogP contribution in [-0.2, 0) is 19.3 Å². The number of benzene rings is 4. The highest BCUT2D eigenvalue weighted by Gasteiger charge is 2.29. The van der Waals surface area contributed by atoms with Gasteiger partial charge in [-0.25, -0.2) is 0 Å². The van der Waals surface area contributed by atoms with Crippen molar-refractivity contribution in [3.63, 3.8) is 0 Å². The molecule has 2 aliphatic carbocycles. The average molecular weight is 387 g/mol. The third-order valence-electron chi connectivity index (χ3n) is 7.22. The molecule has 0 nitrogen and oxygen atoms in total. The molecule has 0 heterocycles. The summed E-state index contributed by atoms with van der Waals surface area (Å²) in [6, 6.07) is 25.2. The first kappa shape index (κ1) is 17.7. The molecule has 146 valence electrons. The lowest BCUT2D eigenvalue weighted by atomic mass is 9.85. The zero-order valence-corrected chi connectivity index (χ0v) is 18.0. The lowest BCUT2D eigenvalue weighted by molar-refractivity contribution is 1.12. The summed E-state index contributed by atoms with van der Waals surface area (Å²) in [4.78, 5) is 0. The molecule has 0 saturated heterocycles. The molecule has 0 bridgehead atoms. The van der Waals surface area contributed by atoms with E-state index in [1.54, 1.807) is 0 Å². The summed E-state index contributed by atoms with van der Waals surface area (Å²) in [5, 5.41) is 0. The second kappa shape index (κ2) is 6.44. The zero-order valence-electron chi connectivity index (χ0n) is 18.0. The Morgan fingerprint density at radius 3 is 2.13 bits per heavy atom. The largest absolute Gasteiger partial charge is 0.0619 e. The Labute approximate surface area is 179 Å². The van der Waals surface area contributed by atoms with Gasteiger partial charge in [0.05, 0.1) is 0 Å². The van der Waals surface area contributed by atoms with Gasteiger partial charge < -0.3 is 0 Å². The van der Waals surface area contributed by atoms with E-state index in [9.17, 15) is 0 Å². The van der Waals surface area contributed by atoms with Crippen LogP contribution in [0, 0.1) is 13.8 Å². The van der Waals surface area contributed by atoms with Gasteiger partial charge >= 0.3 is 0 Å². The Hall–Kier alpha value is -3.12. The Bertz CT molecular complexity index is 1340. The standard InChI is InChI=1S/C30H26/c1-4-20-13-15-24-23-11-6-5-9-21(23)16-26(24)30(20)25-14-12-19(3)29-27(25)17-22-10-7-8-18(2)28(22)29/h5-15H,4,16-17H2,1-3H3. The van der Waals surface area contributed by atoms with Crippen molar-refractivity contribution >= 4 is 0 Å². The van der Waals surface area contributed by atoms with Crippen molar-refractivity contribution in [2.24, 2.45) is 0 Å². The smallest absolute Gasteiger partial charge is 0.000708 e. The van der Waals surface area contributed by atoms with Gasteiger partial charge in [-0.05, 0) is 105 Å². The third kappa shape index (κ3) is 2.34. The van der Waals surface area contributed by atoms with Crippen molar-refractivity contribution in [2.75, 3.05) is 0 Å². The number of fused-ring (bicyclic) bond motifs is 6. The molecule has 0 atom stereocenters. The predicted octanol–water partition coefficient (Wildman–Crippen LogP) is 7.68. The van der Waals surface area contributed by atoms with Crippen LogP contribution >= 0.6 is 0 Å². The molecule has 0 fully saturated rings. The van der Waals surface area contributed by atoms with Gasteiger partial charge in [-0.1, -0.05) is 73.7 Å². The molecule has 0 amide bonds. The van der Waals surface area contributed by atoms with Crippen molar-refractivity contribution in [3.8, 4) is 33.4 Å². The van der Waals surface area contributed by atoms with E-state index in [1.165, 1.54) is 72.3 Å². The Morgan fingerprint density at radius 2 is 1.27 bits per heavy atom. The summed E-state index contributed by atoms with van der Waals surface area (Å²) in [6.45, 7) is 6.82. The maximum absolute atomic E-state index is 2.40. The molecule has 4 aromatic carbocycles. The first-order valence-corrected chi connectivity index (χ1v) is 11.1. The maximum atomic E-state index is 2.40. The maximum Gasteiger partial charge on any atom is -0.000708 e. The summed E-state index contributed by atoms with van der Waals surface area (Å²) >= 11 is 0. The van der Waals surface area contributed by atoms with Crippen LogP contribution in [0.4, 0.5) is 0 Å². The average Bonchev–Trinajstić information content (AvgIpc) is 3.33. The van der Waals surface area contributed by atoms with Crippen LogP contribution in [0.15, 0.2) is 66.7 Å². The van der Waals surface area contributed by atoms with Crippen LogP contribution in [0.3, 0.4) is 0 Å². The fourth-order valence-electron chi connectivity index (χ4n) is 5.84. The molecule has 6 rings (SSSR count). The molecule has 4 aromatic rings. The lowest BCUT2D eigenvalue weighted by Gasteiger charge is -2.19. The first-order chi connectivity index (χ1) is 14.7. The first-order valence-electron chi connectivity index (χ1n) is 11.1. The molecule has 2 aliphatic rings. The molecule has 30 heavy (non-hydrogen) atoms. The molecule has 0 aromatic heterocycles. The molecule has 0 radical (unpaired) electrons. The Kier molecular flexibility index (Phi) is 3.80. The van der Waals surface area contributed by atoms with Gasteiger partial charge in [-0.2, -0.15) is 0 Å². The predicted molar refractivity (Wildman–Crippen MR) is 127 cm³/mol. The van der Waals surface area contributed by atoms with E-state index in [2.05, 4.69) is 87.5 Å². The van der Waals surface area contributed by atoms with Crippen molar-refractivity contribution in [1.29, 1.82) is 0 Å². The van der Waals surface area contributed by atoms with Crippen LogP contribution in [0.1, 0.15) is 45.9 Å². The topological polar surface area (TPSA) is 0 Å². The normalized spacial score (nSPS) is 13.0. The molecule has 0 aliphatic heterocycles. The highest BCUT2D eigenvalue weighted by atomic mass is 14.3. The highest BCUT2D eigenvalue weighted by molar-refractivity contribution is 5.93. The Morgan fingerprint density at radius 1 is 0.567 bits per heavy atom. The minimum atomic E-state index is 1.04. The van der Waals surface area contributed by atoms with E-state index in [4.69, 9.17) is 0 Å². The number of hydrogen-bond acceptors (Lipinski definition) is 0. The zero-order chi connectivity index (χ0) is 20.4. The molecule has 0 heteroatoms. The van der Waals surface area contributed by atoms with Crippen molar-refractivity contribution in [1.82, 2.24) is 0 Å². The molecule has 0 spiro atoms. The summed E-state index contributed by atoms with van der Waals surface area (Å²) < 4.78 is 0. The van der Waals surface area contributed by atoms with Gasteiger partial charge in [0.2, 0.25) is 0 Å². The number of hydrogen-bond donors (Lipinski definition) is 0. The van der Waals surface area contributed by atoms with Gasteiger partial charge in [-0.3, -0.25) is 0 Å². The number of rotatable bonds is 2. The van der Waals surface area contributed by atoms with Gasteiger partial charge in [0.25, 0.3) is 0 Å². The highest BCUT2D eigenvalue weighted by Crippen LogP contribution is 2.49. The molecule has 0 N–H and O–H groups in total. The van der Waals surface area contributed by atoms with Crippen LogP contribution in [-0.4, -0.2) is 0 Å². The fraction of sp³-hybridized carbons (Fsp3) is 0.200. The summed E-state index contributed by atoms with van der Waals surface area (Å²) in [6.07, 6.45) is 3.15. The van der Waals surface area contributed by atoms with Crippen LogP contribution < -0.4 is 0 Å². The summed E-state index contributed by atoms with van der Waals surface area (Å²) in [7, 11) is 0. The van der Waals surface area contributed by atoms with Crippen molar-refractivity contribution in [3.05, 3.63) is 106 Å². The van der Waals surface area contributed by atoms with E-state index in [1.807, 2.05) is 0 Å². The van der Waals surface area contributed by atoms with Crippen LogP contribution in [0.2, 0.25) is 0 Å². The van der Waals surface area contributed by atoms with Crippen molar-refractivity contribution in [2.45, 2.75) is 40.0 Å². The number of aryl methyl sites for hydroxylation is 3. The van der Waals surface area contributed by atoms with E-state index < -0.39 is 0 Å². The fourth-order valence-corrected chi connectivity index (χ4v) is 5.84. The SMILES string of the molecule is CCc1ccc2c(c1-c1ccc(C)c3c1Cc1cccc(C)c1-3)Cc1ccccc1-2. The molecular formula is C30H26. The van der Waals surface area contributed by atoms with E-state index in [0.717, 1.165) is 19.3 Å². The van der Waals surface area contributed by atoms with Crippen LogP contribution in [0.25, 0.3) is 33.4 Å². The second-order valence-electron chi connectivity index (χ2n) is 8.88. The minimum Gasteiger partial charge on any atom is -0.0619 e. The van der Waals surface area contributed by atoms with Crippen molar-refractivity contribution < 1.29 is 0 Å². The molecule has 0 unspecified atom stereocenters. The lowest BCUT2D eigenvalue weighted by Crippen LogP contribution is -1.99. The van der Waals surface area contributed by atoms with E-state index in [-0.39, 0.29) is 0 Å². The summed E-state index contributed by atoms with van der Waals surface area (Å²) in [5.74, 6) is 0. The second-order valence-corrected chi connectivity index (χ2v) is 8.88. The monoisotopic (exact) mass is 386 g/mol. The molecule has 0 saturated carbocycles. The molecular weight excluding hydrogens is 360 g/mol. The van der Waals surface area contributed by atoms with Gasteiger partial charge in [0, 0.05) is 0 Å². The van der Waals surface area contributed by atoms with Gasteiger partial charge in [0.15, 0.2) is 0 Å². The van der Waals surface area contributed by atoms with Crippen LogP contribution in [0.5, 0.6) is 0 Å². The quantitative estimate of drug-likeness (QED) is 0.286. The van der Waals surface area contributed by atoms with E-state index in [0.29, 0.717) is 0 Å².